The topological polar surface area (TPSA) is 60.9 Å². The predicted octanol–water partition coefficient (Wildman–Crippen LogP) is 3.01. The van der Waals surface area contributed by atoms with Crippen molar-refractivity contribution in [1.82, 2.24) is 9.78 Å². The van der Waals surface area contributed by atoms with Gasteiger partial charge >= 0.3 is 0 Å². The molecule has 0 radical (unpaired) electrons. The third-order valence-corrected chi connectivity index (χ3v) is 3.96. The summed E-state index contributed by atoms with van der Waals surface area (Å²) < 4.78 is 1.71. The number of nitrogen functional groups attached to an aromatic ring is 1. The molecule has 0 amide bonds. The van der Waals surface area contributed by atoms with Crippen molar-refractivity contribution in [3.63, 3.8) is 0 Å². The maximum Gasteiger partial charge on any atom is 0.156 e. The van der Waals surface area contributed by atoms with Gasteiger partial charge in [0.1, 0.15) is 11.5 Å². The van der Waals surface area contributed by atoms with Crippen molar-refractivity contribution in [2.24, 2.45) is 0 Å². The fourth-order valence-electron chi connectivity index (χ4n) is 2.90. The lowest BCUT2D eigenvalue weighted by Gasteiger charge is -2.06. The summed E-state index contributed by atoms with van der Waals surface area (Å²) in [6.07, 6.45) is 4.28. The summed E-state index contributed by atoms with van der Waals surface area (Å²) in [5, 5.41) is 4.54. The molecule has 4 heteroatoms. The highest BCUT2D eigenvalue weighted by Gasteiger charge is 2.19. The summed E-state index contributed by atoms with van der Waals surface area (Å²) in [4.78, 5) is 11.4. The zero-order valence-corrected chi connectivity index (χ0v) is 11.9. The Morgan fingerprint density at radius 3 is 2.75 bits per heavy atom. The molecule has 0 saturated heterocycles. The third-order valence-electron chi connectivity index (χ3n) is 3.96. The SMILES string of the molecule is CC(C)n1nc(-c2ccc3c(c2)CCC3)c(C=O)c1N. The van der Waals surface area contributed by atoms with Gasteiger partial charge in [0, 0.05) is 11.6 Å². The molecule has 2 N–H and O–H groups in total. The van der Waals surface area contributed by atoms with Gasteiger partial charge in [0.05, 0.1) is 5.56 Å². The molecule has 1 aliphatic rings. The van der Waals surface area contributed by atoms with E-state index in [2.05, 4.69) is 17.2 Å². The van der Waals surface area contributed by atoms with Gasteiger partial charge in [-0.15, -0.1) is 0 Å². The fourth-order valence-corrected chi connectivity index (χ4v) is 2.90. The summed E-state index contributed by atoms with van der Waals surface area (Å²) in [7, 11) is 0. The Labute approximate surface area is 118 Å². The number of hydrogen-bond donors (Lipinski definition) is 1. The van der Waals surface area contributed by atoms with E-state index >= 15 is 0 Å². The highest BCUT2D eigenvalue weighted by Crippen LogP contribution is 2.31. The molecule has 4 nitrogen and oxygen atoms in total. The first-order chi connectivity index (χ1) is 9.61. The predicted molar refractivity (Wildman–Crippen MR) is 79.9 cm³/mol. The van der Waals surface area contributed by atoms with Gasteiger partial charge < -0.3 is 5.73 Å². The zero-order chi connectivity index (χ0) is 14.3. The number of anilines is 1. The van der Waals surface area contributed by atoms with E-state index < -0.39 is 0 Å². The Kier molecular flexibility index (Phi) is 3.08. The first-order valence-corrected chi connectivity index (χ1v) is 7.07. The van der Waals surface area contributed by atoms with Gasteiger partial charge in [-0.3, -0.25) is 4.79 Å². The summed E-state index contributed by atoms with van der Waals surface area (Å²) in [6.45, 7) is 4.01. The number of aldehydes is 1. The minimum atomic E-state index is 0.136. The number of benzene rings is 1. The van der Waals surface area contributed by atoms with Gasteiger partial charge in [0.25, 0.3) is 0 Å². The average Bonchev–Trinajstić information content (AvgIpc) is 3.01. The van der Waals surface area contributed by atoms with Crippen LogP contribution >= 0.6 is 0 Å². The lowest BCUT2D eigenvalue weighted by Crippen LogP contribution is -2.07. The van der Waals surface area contributed by atoms with E-state index in [-0.39, 0.29) is 6.04 Å². The largest absolute Gasteiger partial charge is 0.383 e. The standard InChI is InChI=1S/C16H19N3O/c1-10(2)19-16(17)14(9-20)15(18-19)13-7-6-11-4-3-5-12(11)8-13/h6-10H,3-5,17H2,1-2H3. The van der Waals surface area contributed by atoms with Gasteiger partial charge in [0.2, 0.25) is 0 Å². The molecule has 3 rings (SSSR count). The molecule has 1 heterocycles. The van der Waals surface area contributed by atoms with Crippen LogP contribution in [0.15, 0.2) is 18.2 Å². The van der Waals surface area contributed by atoms with E-state index in [1.807, 2.05) is 19.9 Å². The van der Waals surface area contributed by atoms with Crippen molar-refractivity contribution in [3.8, 4) is 11.3 Å². The van der Waals surface area contributed by atoms with E-state index in [1.165, 1.54) is 17.5 Å². The van der Waals surface area contributed by atoms with E-state index in [1.54, 1.807) is 4.68 Å². The van der Waals surface area contributed by atoms with Crippen molar-refractivity contribution in [2.45, 2.75) is 39.2 Å². The summed E-state index contributed by atoms with van der Waals surface area (Å²) in [5.41, 5.74) is 11.0. The quantitative estimate of drug-likeness (QED) is 0.871. The number of rotatable bonds is 3. The number of carbonyl (C=O) groups excluding carboxylic acids is 1. The molecule has 0 fully saturated rings. The van der Waals surface area contributed by atoms with Crippen molar-refractivity contribution in [3.05, 3.63) is 34.9 Å². The molecule has 0 aliphatic heterocycles. The normalized spacial score (nSPS) is 13.8. The highest BCUT2D eigenvalue weighted by molar-refractivity contribution is 5.91. The van der Waals surface area contributed by atoms with Crippen LogP contribution < -0.4 is 5.73 Å². The summed E-state index contributed by atoms with van der Waals surface area (Å²) >= 11 is 0. The second-order valence-corrected chi connectivity index (χ2v) is 5.64. The van der Waals surface area contributed by atoms with Crippen LogP contribution in [-0.4, -0.2) is 16.1 Å². The van der Waals surface area contributed by atoms with Crippen molar-refractivity contribution >= 4 is 12.1 Å². The molecule has 20 heavy (non-hydrogen) atoms. The Balaban J connectivity index is 2.14. The zero-order valence-electron chi connectivity index (χ0n) is 11.9. The molecular weight excluding hydrogens is 250 g/mol. The van der Waals surface area contributed by atoms with E-state index in [4.69, 9.17) is 5.73 Å². The van der Waals surface area contributed by atoms with E-state index in [9.17, 15) is 4.79 Å². The van der Waals surface area contributed by atoms with Gasteiger partial charge in [-0.25, -0.2) is 4.68 Å². The van der Waals surface area contributed by atoms with Crippen molar-refractivity contribution < 1.29 is 4.79 Å². The fraction of sp³-hybridized carbons (Fsp3) is 0.375. The molecule has 0 unspecified atom stereocenters. The third kappa shape index (κ3) is 1.92. The molecule has 1 aromatic carbocycles. The van der Waals surface area contributed by atoms with Gasteiger partial charge in [-0.05, 0) is 50.3 Å². The number of carbonyl (C=O) groups is 1. The lowest BCUT2D eigenvalue weighted by molar-refractivity contribution is 0.112. The second-order valence-electron chi connectivity index (χ2n) is 5.64. The minimum Gasteiger partial charge on any atom is -0.383 e. The van der Waals surface area contributed by atoms with Crippen LogP contribution in [0.2, 0.25) is 0 Å². The Morgan fingerprint density at radius 2 is 2.05 bits per heavy atom. The van der Waals surface area contributed by atoms with Crippen molar-refractivity contribution in [2.75, 3.05) is 5.73 Å². The average molecular weight is 269 g/mol. The summed E-state index contributed by atoms with van der Waals surface area (Å²) in [6, 6.07) is 6.49. The molecular formula is C16H19N3O. The maximum absolute atomic E-state index is 11.4. The van der Waals surface area contributed by atoms with Gasteiger partial charge in [-0.2, -0.15) is 5.10 Å². The summed E-state index contributed by atoms with van der Waals surface area (Å²) in [5.74, 6) is 0.450. The Hall–Kier alpha value is -2.10. The maximum atomic E-state index is 11.4. The Morgan fingerprint density at radius 1 is 1.30 bits per heavy atom. The molecule has 104 valence electrons. The Bertz CT molecular complexity index is 671. The van der Waals surface area contributed by atoms with Crippen LogP contribution in [0.4, 0.5) is 5.82 Å². The van der Waals surface area contributed by atoms with Crippen LogP contribution in [0, 0.1) is 0 Å². The monoisotopic (exact) mass is 269 g/mol. The molecule has 0 spiro atoms. The highest BCUT2D eigenvalue weighted by atomic mass is 16.1. The first-order valence-electron chi connectivity index (χ1n) is 7.07. The van der Waals surface area contributed by atoms with E-state index in [0.29, 0.717) is 17.1 Å². The number of aryl methyl sites for hydroxylation is 2. The lowest BCUT2D eigenvalue weighted by atomic mass is 10.0. The molecule has 0 saturated carbocycles. The number of fused-ring (bicyclic) bond motifs is 1. The second kappa shape index (κ2) is 4.78. The smallest absolute Gasteiger partial charge is 0.156 e. The number of aromatic nitrogens is 2. The van der Waals surface area contributed by atoms with Crippen LogP contribution in [0.3, 0.4) is 0 Å². The molecule has 0 atom stereocenters. The number of nitrogens with two attached hydrogens (primary N) is 1. The van der Waals surface area contributed by atoms with Gasteiger partial charge in [0.15, 0.2) is 6.29 Å². The van der Waals surface area contributed by atoms with Crippen LogP contribution in [-0.2, 0) is 12.8 Å². The molecule has 0 bridgehead atoms. The van der Waals surface area contributed by atoms with Crippen molar-refractivity contribution in [1.29, 1.82) is 0 Å². The van der Waals surface area contributed by atoms with Crippen LogP contribution in [0.1, 0.15) is 47.8 Å². The molecule has 1 aliphatic carbocycles. The van der Waals surface area contributed by atoms with Gasteiger partial charge in [-0.1, -0.05) is 12.1 Å². The van der Waals surface area contributed by atoms with E-state index in [0.717, 1.165) is 24.7 Å². The number of nitrogens with zero attached hydrogens (tertiary/aromatic N) is 2. The minimum absolute atomic E-state index is 0.136. The van der Waals surface area contributed by atoms with Crippen LogP contribution in [0.5, 0.6) is 0 Å². The number of hydrogen-bond acceptors (Lipinski definition) is 3. The first kappa shape index (κ1) is 12.9. The molecule has 1 aromatic heterocycles. The molecule has 2 aromatic rings. The van der Waals surface area contributed by atoms with Crippen LogP contribution in [0.25, 0.3) is 11.3 Å².